The first-order valence-electron chi connectivity index (χ1n) is 7.55. The van der Waals surface area contributed by atoms with Crippen molar-refractivity contribution in [1.82, 2.24) is 0 Å². The Bertz CT molecular complexity index is 429. The average Bonchev–Trinajstić information content (AvgIpc) is 2.44. The number of hydrogen-bond donors (Lipinski definition) is 0. The largest absolute Gasteiger partial charge is 0.294 e. The fourth-order valence-electron chi connectivity index (χ4n) is 2.79. The van der Waals surface area contributed by atoms with E-state index in [2.05, 4.69) is 34.6 Å². The summed E-state index contributed by atoms with van der Waals surface area (Å²) < 4.78 is 1.02. The molecule has 0 N–H and O–H groups in total. The monoisotopic (exact) mass is 354 g/mol. The summed E-state index contributed by atoms with van der Waals surface area (Å²) in [5.74, 6) is 2.29. The van der Waals surface area contributed by atoms with Crippen molar-refractivity contribution in [3.8, 4) is 0 Å². The van der Waals surface area contributed by atoms with Crippen LogP contribution in [0, 0.1) is 5.92 Å². The summed E-state index contributed by atoms with van der Waals surface area (Å²) in [5.41, 5.74) is 0.837. The SMILES string of the molecule is CC1CCCC(SCCCC(=O)c2ccc(Br)cc2)C1. The van der Waals surface area contributed by atoms with Crippen molar-refractivity contribution < 1.29 is 4.79 Å². The molecule has 0 aromatic heterocycles. The Morgan fingerprint density at radius 2 is 2.05 bits per heavy atom. The summed E-state index contributed by atoms with van der Waals surface area (Å²) in [6.45, 7) is 2.36. The highest BCUT2D eigenvalue weighted by molar-refractivity contribution is 9.10. The number of benzene rings is 1. The third-order valence-corrected chi connectivity index (χ3v) is 5.91. The van der Waals surface area contributed by atoms with E-state index in [0.29, 0.717) is 6.42 Å². The summed E-state index contributed by atoms with van der Waals surface area (Å²) >= 11 is 5.47. The maximum atomic E-state index is 12.0. The van der Waals surface area contributed by atoms with Gasteiger partial charge in [-0.1, -0.05) is 47.8 Å². The fourth-order valence-corrected chi connectivity index (χ4v) is 4.50. The highest BCUT2D eigenvalue weighted by Gasteiger charge is 2.18. The van der Waals surface area contributed by atoms with Gasteiger partial charge in [0.2, 0.25) is 0 Å². The van der Waals surface area contributed by atoms with E-state index < -0.39 is 0 Å². The second kappa shape index (κ2) is 8.23. The zero-order valence-electron chi connectivity index (χ0n) is 12.1. The van der Waals surface area contributed by atoms with Gasteiger partial charge in [-0.05, 0) is 43.1 Å². The third kappa shape index (κ3) is 5.25. The minimum Gasteiger partial charge on any atom is -0.294 e. The van der Waals surface area contributed by atoms with E-state index in [0.717, 1.165) is 33.4 Å². The van der Waals surface area contributed by atoms with Crippen molar-refractivity contribution in [2.24, 2.45) is 5.92 Å². The molecule has 0 heterocycles. The van der Waals surface area contributed by atoms with E-state index in [4.69, 9.17) is 0 Å². The Morgan fingerprint density at radius 1 is 1.30 bits per heavy atom. The smallest absolute Gasteiger partial charge is 0.162 e. The van der Waals surface area contributed by atoms with Gasteiger partial charge in [0.25, 0.3) is 0 Å². The van der Waals surface area contributed by atoms with Crippen LogP contribution in [0.4, 0.5) is 0 Å². The van der Waals surface area contributed by atoms with Gasteiger partial charge in [0.05, 0.1) is 0 Å². The van der Waals surface area contributed by atoms with Crippen molar-refractivity contribution in [1.29, 1.82) is 0 Å². The molecule has 1 saturated carbocycles. The minimum absolute atomic E-state index is 0.273. The molecule has 2 rings (SSSR count). The first kappa shape index (κ1) is 16.1. The maximum absolute atomic E-state index is 12.0. The number of ketones is 1. The zero-order chi connectivity index (χ0) is 14.4. The summed E-state index contributed by atoms with van der Waals surface area (Å²) in [6.07, 6.45) is 7.21. The third-order valence-electron chi connectivity index (χ3n) is 3.96. The second-order valence-corrected chi connectivity index (χ2v) is 8.12. The van der Waals surface area contributed by atoms with E-state index in [9.17, 15) is 4.79 Å². The number of carbonyl (C=O) groups excluding carboxylic acids is 1. The van der Waals surface area contributed by atoms with Gasteiger partial charge in [-0.25, -0.2) is 0 Å². The van der Waals surface area contributed by atoms with Gasteiger partial charge in [0.1, 0.15) is 0 Å². The molecule has 0 aliphatic heterocycles. The van der Waals surface area contributed by atoms with Crippen molar-refractivity contribution in [3.63, 3.8) is 0 Å². The van der Waals surface area contributed by atoms with Crippen molar-refractivity contribution in [3.05, 3.63) is 34.3 Å². The normalized spacial score (nSPS) is 22.7. The molecule has 1 aromatic carbocycles. The van der Waals surface area contributed by atoms with Gasteiger partial charge in [-0.2, -0.15) is 11.8 Å². The van der Waals surface area contributed by atoms with Crippen molar-refractivity contribution in [2.45, 2.75) is 50.7 Å². The average molecular weight is 355 g/mol. The van der Waals surface area contributed by atoms with E-state index >= 15 is 0 Å². The molecule has 20 heavy (non-hydrogen) atoms. The van der Waals surface area contributed by atoms with Gasteiger partial charge < -0.3 is 0 Å². The van der Waals surface area contributed by atoms with Gasteiger partial charge in [-0.15, -0.1) is 0 Å². The first-order valence-corrected chi connectivity index (χ1v) is 9.39. The van der Waals surface area contributed by atoms with Gasteiger partial charge in [0.15, 0.2) is 5.78 Å². The highest BCUT2D eigenvalue weighted by atomic mass is 79.9. The Kier molecular flexibility index (Phi) is 6.63. The number of hydrogen-bond acceptors (Lipinski definition) is 2. The molecule has 2 unspecified atom stereocenters. The standard InChI is InChI=1S/C17H23BrOS/c1-13-4-2-5-16(12-13)20-11-3-6-17(19)14-7-9-15(18)10-8-14/h7-10,13,16H,2-6,11-12H2,1H3. The van der Waals surface area contributed by atoms with Crippen LogP contribution in [-0.4, -0.2) is 16.8 Å². The molecule has 110 valence electrons. The maximum Gasteiger partial charge on any atom is 0.162 e. The quantitative estimate of drug-likeness (QED) is 0.479. The van der Waals surface area contributed by atoms with E-state index in [1.165, 1.54) is 25.7 Å². The highest BCUT2D eigenvalue weighted by Crippen LogP contribution is 2.32. The summed E-state index contributed by atoms with van der Waals surface area (Å²) in [7, 11) is 0. The molecule has 3 heteroatoms. The Labute approximate surface area is 135 Å². The van der Waals surface area contributed by atoms with E-state index in [1.807, 2.05) is 24.3 Å². The Hall–Kier alpha value is -0.280. The van der Waals surface area contributed by atoms with Crippen LogP contribution in [0.25, 0.3) is 0 Å². The summed E-state index contributed by atoms with van der Waals surface area (Å²) in [6, 6.07) is 7.68. The predicted octanol–water partition coefficient (Wildman–Crippen LogP) is 5.72. The molecule has 1 fully saturated rings. The molecular formula is C17H23BrOS. The molecular weight excluding hydrogens is 332 g/mol. The van der Waals surface area contributed by atoms with Gasteiger partial charge >= 0.3 is 0 Å². The molecule has 2 atom stereocenters. The first-order chi connectivity index (χ1) is 9.65. The molecule has 0 saturated heterocycles. The van der Waals surface area contributed by atoms with Crippen LogP contribution in [0.1, 0.15) is 55.8 Å². The number of halogens is 1. The van der Waals surface area contributed by atoms with Crippen LogP contribution in [0.2, 0.25) is 0 Å². The van der Waals surface area contributed by atoms with Crippen LogP contribution in [-0.2, 0) is 0 Å². The van der Waals surface area contributed by atoms with Crippen LogP contribution >= 0.6 is 27.7 Å². The number of rotatable bonds is 6. The lowest BCUT2D eigenvalue weighted by atomic mass is 9.91. The van der Waals surface area contributed by atoms with Crippen LogP contribution in [0.3, 0.4) is 0 Å². The minimum atomic E-state index is 0.273. The van der Waals surface area contributed by atoms with Crippen LogP contribution < -0.4 is 0 Å². The number of thioether (sulfide) groups is 1. The molecule has 1 aliphatic carbocycles. The lowest BCUT2D eigenvalue weighted by Gasteiger charge is -2.26. The number of Topliss-reactive ketones (excluding diaryl/α,β-unsaturated/α-hetero) is 1. The molecule has 0 radical (unpaired) electrons. The van der Waals surface area contributed by atoms with E-state index in [1.54, 1.807) is 0 Å². The van der Waals surface area contributed by atoms with Gasteiger partial charge in [-0.3, -0.25) is 4.79 Å². The molecule has 1 aromatic rings. The number of carbonyl (C=O) groups is 1. The molecule has 0 bridgehead atoms. The van der Waals surface area contributed by atoms with Gasteiger partial charge in [0, 0.05) is 21.7 Å². The van der Waals surface area contributed by atoms with E-state index in [-0.39, 0.29) is 5.78 Å². The molecule has 1 nitrogen and oxygen atoms in total. The lowest BCUT2D eigenvalue weighted by molar-refractivity contribution is 0.0982. The van der Waals surface area contributed by atoms with Crippen molar-refractivity contribution >= 4 is 33.5 Å². The molecule has 1 aliphatic rings. The molecule has 0 spiro atoms. The molecule has 0 amide bonds. The predicted molar refractivity (Wildman–Crippen MR) is 91.6 cm³/mol. The Balaban J connectivity index is 1.65. The summed E-state index contributed by atoms with van der Waals surface area (Å²) in [4.78, 5) is 12.0. The Morgan fingerprint density at radius 3 is 2.75 bits per heavy atom. The summed E-state index contributed by atoms with van der Waals surface area (Å²) in [5, 5.41) is 0.835. The van der Waals surface area contributed by atoms with Crippen molar-refractivity contribution in [2.75, 3.05) is 5.75 Å². The second-order valence-electron chi connectivity index (χ2n) is 5.80. The fraction of sp³-hybridized carbons (Fsp3) is 0.588. The topological polar surface area (TPSA) is 17.1 Å². The lowest BCUT2D eigenvalue weighted by Crippen LogP contribution is -2.15. The zero-order valence-corrected chi connectivity index (χ0v) is 14.5. The van der Waals surface area contributed by atoms with Crippen LogP contribution in [0.5, 0.6) is 0 Å². The van der Waals surface area contributed by atoms with Crippen LogP contribution in [0.15, 0.2) is 28.7 Å².